The highest BCUT2D eigenvalue weighted by Crippen LogP contribution is 2.25. The summed E-state index contributed by atoms with van der Waals surface area (Å²) in [5.41, 5.74) is 3.09. The molecule has 4 aromatic carbocycles. The lowest BCUT2D eigenvalue weighted by molar-refractivity contribution is 0.595. The zero-order valence-electron chi connectivity index (χ0n) is 17.4. The van der Waals surface area contributed by atoms with E-state index in [0.717, 1.165) is 33.4 Å². The zero-order chi connectivity index (χ0) is 21.9. The van der Waals surface area contributed by atoms with Crippen molar-refractivity contribution in [1.82, 2.24) is 9.55 Å². The number of hydrogen-bond donors (Lipinski definition) is 0. The van der Waals surface area contributed by atoms with Crippen molar-refractivity contribution in [2.45, 2.75) is 23.9 Å². The lowest BCUT2D eigenvalue weighted by Crippen LogP contribution is -2.24. The average Bonchev–Trinajstić information content (AvgIpc) is 2.83. The Balaban J connectivity index is 1.56. The Morgan fingerprint density at radius 3 is 2.25 bits per heavy atom. The van der Waals surface area contributed by atoms with Crippen LogP contribution in [0.2, 0.25) is 5.02 Å². The number of rotatable bonds is 6. The molecule has 5 aromatic rings. The molecule has 0 N–H and O–H groups in total. The van der Waals surface area contributed by atoms with E-state index < -0.39 is 0 Å². The number of aryl methyl sites for hydroxylation is 1. The van der Waals surface area contributed by atoms with Crippen LogP contribution in [0.4, 0.5) is 0 Å². The minimum Gasteiger partial charge on any atom is -0.287 e. The molecule has 1 aromatic heterocycles. The molecule has 32 heavy (non-hydrogen) atoms. The van der Waals surface area contributed by atoms with Crippen LogP contribution in [0, 0.1) is 0 Å². The van der Waals surface area contributed by atoms with Crippen LogP contribution in [0.5, 0.6) is 0 Å². The first kappa shape index (κ1) is 20.8. The summed E-state index contributed by atoms with van der Waals surface area (Å²) in [6.45, 7) is 0.585. The summed E-state index contributed by atoms with van der Waals surface area (Å²) in [5.74, 6) is 0.716. The van der Waals surface area contributed by atoms with Crippen LogP contribution in [0.3, 0.4) is 0 Å². The standard InChI is InChI=1S/C27H21ClN2OS/c28-23-12-10-20(11-13-23)18-32-27-29-25-17-22-9-5-4-8-21(22)16-24(25)26(31)30(27)15-14-19-6-2-1-3-7-19/h1-13,16-17H,14-15,18H2. The maximum absolute atomic E-state index is 13.6. The fourth-order valence-corrected chi connectivity index (χ4v) is 4.92. The molecule has 0 bridgehead atoms. The second-order valence-corrected chi connectivity index (χ2v) is 9.10. The molecular formula is C27H21ClN2OS. The van der Waals surface area contributed by atoms with Crippen LogP contribution in [0.1, 0.15) is 11.1 Å². The van der Waals surface area contributed by atoms with Crippen LogP contribution in [0.15, 0.2) is 101 Å². The molecule has 0 atom stereocenters. The Morgan fingerprint density at radius 1 is 0.812 bits per heavy atom. The molecule has 0 saturated heterocycles. The number of benzene rings is 4. The lowest BCUT2D eigenvalue weighted by atomic mass is 10.1. The lowest BCUT2D eigenvalue weighted by Gasteiger charge is -2.14. The smallest absolute Gasteiger partial charge is 0.262 e. The van der Waals surface area contributed by atoms with Crippen LogP contribution >= 0.6 is 23.4 Å². The summed E-state index contributed by atoms with van der Waals surface area (Å²) in [7, 11) is 0. The quantitative estimate of drug-likeness (QED) is 0.161. The van der Waals surface area contributed by atoms with Gasteiger partial charge in [-0.3, -0.25) is 9.36 Å². The van der Waals surface area contributed by atoms with Crippen molar-refractivity contribution in [3.05, 3.63) is 117 Å². The van der Waals surface area contributed by atoms with Gasteiger partial charge in [0.05, 0.1) is 10.9 Å². The van der Waals surface area contributed by atoms with E-state index in [4.69, 9.17) is 16.6 Å². The fraction of sp³-hybridized carbons (Fsp3) is 0.111. The molecule has 0 fully saturated rings. The van der Waals surface area contributed by atoms with Crippen molar-refractivity contribution in [3.63, 3.8) is 0 Å². The summed E-state index contributed by atoms with van der Waals surface area (Å²) >= 11 is 7.61. The van der Waals surface area contributed by atoms with E-state index in [1.807, 2.05) is 77.4 Å². The summed E-state index contributed by atoms with van der Waals surface area (Å²) in [6, 6.07) is 30.1. The van der Waals surface area contributed by atoms with Gasteiger partial charge in [-0.15, -0.1) is 0 Å². The fourth-order valence-electron chi connectivity index (χ4n) is 3.81. The third-order valence-corrected chi connectivity index (χ3v) is 6.83. The first-order valence-electron chi connectivity index (χ1n) is 10.5. The Hall–Kier alpha value is -3.08. The van der Waals surface area contributed by atoms with Gasteiger partial charge in [0.1, 0.15) is 0 Å². The third kappa shape index (κ3) is 4.43. The van der Waals surface area contributed by atoms with Crippen molar-refractivity contribution < 1.29 is 0 Å². The van der Waals surface area contributed by atoms with Gasteiger partial charge in [0.15, 0.2) is 5.16 Å². The molecule has 0 spiro atoms. The van der Waals surface area contributed by atoms with E-state index >= 15 is 0 Å². The van der Waals surface area contributed by atoms with Crippen molar-refractivity contribution in [2.75, 3.05) is 0 Å². The number of halogens is 1. The monoisotopic (exact) mass is 456 g/mol. The molecule has 1 heterocycles. The Kier molecular flexibility index (Phi) is 5.97. The molecule has 5 rings (SSSR count). The normalized spacial score (nSPS) is 11.3. The van der Waals surface area contributed by atoms with E-state index in [2.05, 4.69) is 18.2 Å². The summed E-state index contributed by atoms with van der Waals surface area (Å²) in [6.07, 6.45) is 0.774. The van der Waals surface area contributed by atoms with E-state index in [9.17, 15) is 4.79 Å². The van der Waals surface area contributed by atoms with E-state index in [1.54, 1.807) is 11.8 Å². The maximum atomic E-state index is 13.6. The number of thioether (sulfide) groups is 1. The molecule has 0 amide bonds. The predicted molar refractivity (Wildman–Crippen MR) is 135 cm³/mol. The topological polar surface area (TPSA) is 34.9 Å². The van der Waals surface area contributed by atoms with Crippen molar-refractivity contribution in [2.24, 2.45) is 0 Å². The highest BCUT2D eigenvalue weighted by atomic mass is 35.5. The van der Waals surface area contributed by atoms with Gasteiger partial charge in [0, 0.05) is 17.3 Å². The van der Waals surface area contributed by atoms with Crippen molar-refractivity contribution in [1.29, 1.82) is 0 Å². The second kappa shape index (κ2) is 9.19. The number of fused-ring (bicyclic) bond motifs is 2. The third-order valence-electron chi connectivity index (χ3n) is 5.53. The summed E-state index contributed by atoms with van der Waals surface area (Å²) in [5, 5.41) is 4.25. The molecule has 0 aliphatic carbocycles. The average molecular weight is 457 g/mol. The first-order chi connectivity index (χ1) is 15.7. The van der Waals surface area contributed by atoms with Crippen LogP contribution in [0.25, 0.3) is 21.7 Å². The molecule has 3 nitrogen and oxygen atoms in total. The van der Waals surface area contributed by atoms with Crippen LogP contribution in [-0.2, 0) is 18.7 Å². The van der Waals surface area contributed by atoms with Crippen molar-refractivity contribution >= 4 is 45.0 Å². The Morgan fingerprint density at radius 2 is 1.50 bits per heavy atom. The van der Waals surface area contributed by atoms with Gasteiger partial charge in [-0.1, -0.05) is 90.1 Å². The van der Waals surface area contributed by atoms with E-state index in [1.165, 1.54) is 5.56 Å². The first-order valence-corrected chi connectivity index (χ1v) is 11.9. The molecule has 0 radical (unpaired) electrons. The maximum Gasteiger partial charge on any atom is 0.262 e. The molecular weight excluding hydrogens is 436 g/mol. The second-order valence-electron chi connectivity index (χ2n) is 7.72. The van der Waals surface area contributed by atoms with Crippen LogP contribution in [-0.4, -0.2) is 9.55 Å². The van der Waals surface area contributed by atoms with Gasteiger partial charge < -0.3 is 0 Å². The largest absolute Gasteiger partial charge is 0.287 e. The van der Waals surface area contributed by atoms with Gasteiger partial charge >= 0.3 is 0 Å². The van der Waals surface area contributed by atoms with Gasteiger partial charge in [0.2, 0.25) is 0 Å². The van der Waals surface area contributed by atoms with Gasteiger partial charge in [0.25, 0.3) is 5.56 Å². The minimum absolute atomic E-state index is 0.00953. The van der Waals surface area contributed by atoms with Gasteiger partial charge in [-0.05, 0) is 52.6 Å². The molecule has 0 aliphatic heterocycles. The summed E-state index contributed by atoms with van der Waals surface area (Å²) < 4.78 is 1.82. The summed E-state index contributed by atoms with van der Waals surface area (Å²) in [4.78, 5) is 18.5. The molecule has 0 saturated carbocycles. The minimum atomic E-state index is 0.00953. The Labute approximate surface area is 195 Å². The zero-order valence-corrected chi connectivity index (χ0v) is 18.9. The van der Waals surface area contributed by atoms with Gasteiger partial charge in [-0.25, -0.2) is 4.98 Å². The Bertz CT molecular complexity index is 1450. The van der Waals surface area contributed by atoms with Crippen LogP contribution < -0.4 is 5.56 Å². The van der Waals surface area contributed by atoms with Gasteiger partial charge in [-0.2, -0.15) is 0 Å². The molecule has 0 unspecified atom stereocenters. The highest BCUT2D eigenvalue weighted by Gasteiger charge is 2.13. The number of aromatic nitrogens is 2. The number of nitrogens with zero attached hydrogens (tertiary/aromatic N) is 2. The predicted octanol–water partition coefficient (Wildman–Crippen LogP) is 6.74. The molecule has 158 valence electrons. The molecule has 5 heteroatoms. The molecule has 0 aliphatic rings. The van der Waals surface area contributed by atoms with E-state index in [-0.39, 0.29) is 5.56 Å². The SMILES string of the molecule is O=c1c2cc3ccccc3cc2nc(SCc2ccc(Cl)cc2)n1CCc1ccccc1. The highest BCUT2D eigenvalue weighted by molar-refractivity contribution is 7.98. The van der Waals surface area contributed by atoms with E-state index in [0.29, 0.717) is 22.7 Å². The number of hydrogen-bond acceptors (Lipinski definition) is 3. The van der Waals surface area contributed by atoms with Crippen molar-refractivity contribution in [3.8, 4) is 0 Å².